The van der Waals surface area contributed by atoms with E-state index in [0.29, 0.717) is 25.7 Å². The van der Waals surface area contributed by atoms with Crippen molar-refractivity contribution >= 4 is 11.9 Å². The summed E-state index contributed by atoms with van der Waals surface area (Å²) < 4.78 is 5.82. The Bertz CT molecular complexity index is 968. The van der Waals surface area contributed by atoms with Gasteiger partial charge in [0.25, 0.3) is 0 Å². The van der Waals surface area contributed by atoms with Crippen LogP contribution in [0.2, 0.25) is 0 Å². The Kier molecular flexibility index (Phi) is 38.9. The van der Waals surface area contributed by atoms with E-state index >= 15 is 0 Å². The predicted molar refractivity (Wildman–Crippen MR) is 227 cm³/mol. The van der Waals surface area contributed by atoms with E-state index in [2.05, 4.69) is 32.2 Å². The number of hydrogen-bond acceptors (Lipinski definition) is 5. The number of hydrogen-bond donors (Lipinski definition) is 3. The smallest absolute Gasteiger partial charge is 0.306 e. The first kappa shape index (κ1) is 50.6. The molecule has 3 unspecified atom stereocenters. The summed E-state index contributed by atoms with van der Waals surface area (Å²) in [6.07, 6.45) is 48.7. The quantitative estimate of drug-likeness (QED) is 0.0333. The summed E-state index contributed by atoms with van der Waals surface area (Å²) >= 11 is 0. The average Bonchev–Trinajstić information content (AvgIpc) is 3.15. The largest absolute Gasteiger partial charge is 0.462 e. The molecule has 3 N–H and O–H groups in total. The molecule has 0 saturated heterocycles. The molecule has 0 rings (SSSR count). The molecule has 0 saturated carbocycles. The third-order valence-electron chi connectivity index (χ3n) is 9.74. The molecule has 0 aliphatic carbocycles. The molecule has 0 spiro atoms. The second kappa shape index (κ2) is 40.7. The SMILES string of the molecule is CC/C=C/C=C/C=C\C=C/C=C/CCCC(=O)OC(CCCCCCCCC)CC(=O)NC(CO)C(O)CCCCCCCCCCCCCCCC. The zero-order chi connectivity index (χ0) is 38.9. The molecule has 0 bridgehead atoms. The van der Waals surface area contributed by atoms with E-state index in [1.54, 1.807) is 0 Å². The Hall–Kier alpha value is -2.44. The number of rotatable bonds is 38. The van der Waals surface area contributed by atoms with Gasteiger partial charge >= 0.3 is 5.97 Å². The zero-order valence-corrected chi connectivity index (χ0v) is 34.6. The average molecular weight is 742 g/mol. The lowest BCUT2D eigenvalue weighted by Gasteiger charge is -2.24. The Morgan fingerprint density at radius 1 is 0.566 bits per heavy atom. The van der Waals surface area contributed by atoms with Gasteiger partial charge in [-0.05, 0) is 38.5 Å². The van der Waals surface area contributed by atoms with Crippen molar-refractivity contribution in [2.45, 2.75) is 219 Å². The van der Waals surface area contributed by atoms with Crippen molar-refractivity contribution in [1.29, 1.82) is 0 Å². The Morgan fingerprint density at radius 2 is 1.00 bits per heavy atom. The monoisotopic (exact) mass is 742 g/mol. The molecule has 0 aromatic heterocycles. The van der Waals surface area contributed by atoms with Gasteiger partial charge in [-0.3, -0.25) is 9.59 Å². The maximum absolute atomic E-state index is 13.1. The Balaban J connectivity index is 4.55. The minimum absolute atomic E-state index is 0.0476. The Morgan fingerprint density at radius 3 is 1.47 bits per heavy atom. The van der Waals surface area contributed by atoms with Gasteiger partial charge in [0, 0.05) is 6.42 Å². The van der Waals surface area contributed by atoms with Gasteiger partial charge in [0.1, 0.15) is 6.10 Å². The van der Waals surface area contributed by atoms with Crippen molar-refractivity contribution in [1.82, 2.24) is 5.32 Å². The molecule has 6 nitrogen and oxygen atoms in total. The lowest BCUT2D eigenvalue weighted by atomic mass is 10.0. The molecule has 53 heavy (non-hydrogen) atoms. The summed E-state index contributed by atoms with van der Waals surface area (Å²) in [7, 11) is 0. The van der Waals surface area contributed by atoms with E-state index in [9.17, 15) is 19.8 Å². The maximum atomic E-state index is 13.1. The fraction of sp³-hybridized carbons (Fsp3) is 0.745. The van der Waals surface area contributed by atoms with Crippen LogP contribution in [0.4, 0.5) is 0 Å². The third-order valence-corrected chi connectivity index (χ3v) is 9.74. The van der Waals surface area contributed by atoms with Crippen molar-refractivity contribution in [2.24, 2.45) is 0 Å². The predicted octanol–water partition coefficient (Wildman–Crippen LogP) is 12.5. The van der Waals surface area contributed by atoms with Crippen LogP contribution in [-0.4, -0.2) is 46.9 Å². The topological polar surface area (TPSA) is 95.9 Å². The third kappa shape index (κ3) is 36.3. The van der Waals surface area contributed by atoms with Crippen molar-refractivity contribution in [3.05, 3.63) is 60.8 Å². The van der Waals surface area contributed by atoms with Gasteiger partial charge in [-0.25, -0.2) is 0 Å². The van der Waals surface area contributed by atoms with Crippen LogP contribution in [0, 0.1) is 0 Å². The van der Waals surface area contributed by atoms with Crippen LogP contribution < -0.4 is 5.32 Å². The molecule has 0 aliphatic rings. The fourth-order valence-corrected chi connectivity index (χ4v) is 6.40. The van der Waals surface area contributed by atoms with Crippen LogP contribution in [0.1, 0.15) is 201 Å². The summed E-state index contributed by atoms with van der Waals surface area (Å²) in [6, 6.07) is -0.713. The van der Waals surface area contributed by atoms with Gasteiger partial charge in [0.2, 0.25) is 5.91 Å². The van der Waals surface area contributed by atoms with E-state index in [4.69, 9.17) is 4.74 Å². The second-order valence-corrected chi connectivity index (χ2v) is 14.8. The van der Waals surface area contributed by atoms with Gasteiger partial charge < -0.3 is 20.3 Å². The molecule has 0 aliphatic heterocycles. The highest BCUT2D eigenvalue weighted by Crippen LogP contribution is 2.17. The minimum atomic E-state index is -0.797. The normalized spacial score (nSPS) is 14.0. The van der Waals surface area contributed by atoms with Gasteiger partial charge in [-0.1, -0.05) is 210 Å². The van der Waals surface area contributed by atoms with Crippen molar-refractivity contribution in [2.75, 3.05) is 6.61 Å². The molecular weight excluding hydrogens is 659 g/mol. The van der Waals surface area contributed by atoms with Gasteiger partial charge in [-0.2, -0.15) is 0 Å². The lowest BCUT2D eigenvalue weighted by Crippen LogP contribution is -2.46. The minimum Gasteiger partial charge on any atom is -0.462 e. The molecule has 1 amide bonds. The number of carbonyl (C=O) groups excluding carboxylic acids is 2. The number of ether oxygens (including phenoxy) is 1. The number of aliphatic hydroxyl groups excluding tert-OH is 2. The van der Waals surface area contributed by atoms with E-state index < -0.39 is 18.2 Å². The number of unbranched alkanes of at least 4 members (excludes halogenated alkanes) is 20. The van der Waals surface area contributed by atoms with Crippen LogP contribution in [0.25, 0.3) is 0 Å². The molecule has 3 atom stereocenters. The second-order valence-electron chi connectivity index (χ2n) is 14.8. The van der Waals surface area contributed by atoms with E-state index in [-0.39, 0.29) is 24.9 Å². The first-order valence-electron chi connectivity index (χ1n) is 22.1. The summed E-state index contributed by atoms with van der Waals surface area (Å²) in [6.45, 7) is 6.27. The van der Waals surface area contributed by atoms with Crippen molar-refractivity contribution in [3.63, 3.8) is 0 Å². The number of carbonyl (C=O) groups is 2. The van der Waals surface area contributed by atoms with Crippen LogP contribution in [0.5, 0.6) is 0 Å². The number of esters is 1. The molecule has 0 heterocycles. The first-order valence-corrected chi connectivity index (χ1v) is 22.1. The maximum Gasteiger partial charge on any atom is 0.306 e. The number of aliphatic hydroxyl groups is 2. The fourth-order valence-electron chi connectivity index (χ4n) is 6.40. The molecule has 306 valence electrons. The summed E-state index contributed by atoms with van der Waals surface area (Å²) in [5, 5.41) is 23.6. The van der Waals surface area contributed by atoms with Crippen LogP contribution in [0.3, 0.4) is 0 Å². The van der Waals surface area contributed by atoms with E-state index in [1.165, 1.54) is 96.3 Å². The summed E-state index contributed by atoms with van der Waals surface area (Å²) in [4.78, 5) is 25.8. The standard InChI is InChI=1S/C47H83NO5/c1-4-7-10-13-16-18-20-22-24-25-27-30-33-36-39-45(50)44(42-49)48-46(51)41-43(38-35-32-29-15-12-9-6-3)53-47(52)40-37-34-31-28-26-23-21-19-17-14-11-8-5-2/h8,11,14,17,19,21,23,26,28,31,43-45,49-50H,4-7,9-10,12-13,15-16,18,20,22,24-25,27,29-30,32-42H2,1-3H3,(H,48,51)/b11-8+,17-14+,21-19-,26-23-,31-28+. The molecule has 0 aromatic carbocycles. The van der Waals surface area contributed by atoms with Crippen LogP contribution >= 0.6 is 0 Å². The highest BCUT2D eigenvalue weighted by atomic mass is 16.5. The first-order chi connectivity index (χ1) is 26.0. The molecule has 0 radical (unpaired) electrons. The summed E-state index contributed by atoms with van der Waals surface area (Å²) in [5.74, 6) is -0.570. The zero-order valence-electron chi connectivity index (χ0n) is 34.6. The highest BCUT2D eigenvalue weighted by Gasteiger charge is 2.24. The van der Waals surface area contributed by atoms with Crippen LogP contribution in [0.15, 0.2) is 60.8 Å². The number of allylic oxidation sites excluding steroid dienone is 10. The van der Waals surface area contributed by atoms with Crippen molar-refractivity contribution < 1.29 is 24.5 Å². The van der Waals surface area contributed by atoms with Gasteiger partial charge in [-0.15, -0.1) is 0 Å². The highest BCUT2D eigenvalue weighted by molar-refractivity contribution is 5.77. The lowest BCUT2D eigenvalue weighted by molar-refractivity contribution is -0.151. The van der Waals surface area contributed by atoms with E-state index in [0.717, 1.165) is 51.4 Å². The number of amides is 1. The van der Waals surface area contributed by atoms with E-state index in [1.807, 2.05) is 54.7 Å². The van der Waals surface area contributed by atoms with Crippen molar-refractivity contribution in [3.8, 4) is 0 Å². The molecule has 0 fully saturated rings. The number of nitrogens with one attached hydrogen (secondary N) is 1. The van der Waals surface area contributed by atoms with Gasteiger partial charge in [0.05, 0.1) is 25.2 Å². The molecular formula is C47H83NO5. The van der Waals surface area contributed by atoms with Gasteiger partial charge in [0.15, 0.2) is 0 Å². The summed E-state index contributed by atoms with van der Waals surface area (Å²) in [5.41, 5.74) is 0. The Labute approximate surface area is 327 Å². The molecule has 0 aromatic rings. The molecule has 6 heteroatoms. The van der Waals surface area contributed by atoms with Crippen LogP contribution in [-0.2, 0) is 14.3 Å².